The lowest BCUT2D eigenvalue weighted by Gasteiger charge is -2.42. The molecule has 2 rings (SSSR count). The summed E-state index contributed by atoms with van der Waals surface area (Å²) < 4.78 is 16.2. The Morgan fingerprint density at radius 1 is 1.54 bits per heavy atom. The molecule has 0 aromatic heterocycles. The molecular formula is C7H12O5Si. The minimum atomic E-state index is -2.59. The first-order chi connectivity index (χ1) is 6.09. The highest BCUT2D eigenvalue weighted by Gasteiger charge is 2.49. The van der Waals surface area contributed by atoms with E-state index < -0.39 is 20.9 Å². The summed E-state index contributed by atoms with van der Waals surface area (Å²) in [6.07, 6.45) is 0.493. The molecule has 0 radical (unpaired) electrons. The third kappa shape index (κ3) is 1.75. The highest BCUT2D eigenvalue weighted by Crippen LogP contribution is 2.30. The van der Waals surface area contributed by atoms with Crippen molar-refractivity contribution in [1.29, 1.82) is 0 Å². The van der Waals surface area contributed by atoms with Gasteiger partial charge in [-0.3, -0.25) is 0 Å². The minimum Gasteiger partial charge on any atom is -0.479 e. The Morgan fingerprint density at radius 3 is 2.92 bits per heavy atom. The average molecular weight is 204 g/mol. The lowest BCUT2D eigenvalue weighted by atomic mass is 10.1. The van der Waals surface area contributed by atoms with Crippen molar-refractivity contribution in [2.45, 2.75) is 31.6 Å². The van der Waals surface area contributed by atoms with Gasteiger partial charge in [0, 0.05) is 19.6 Å². The quantitative estimate of drug-likeness (QED) is 0.619. The summed E-state index contributed by atoms with van der Waals surface area (Å²) in [5, 5.41) is 8.79. The van der Waals surface area contributed by atoms with E-state index in [-0.39, 0.29) is 6.10 Å². The molecular weight excluding hydrogens is 192 g/mol. The van der Waals surface area contributed by atoms with E-state index in [1.165, 1.54) is 0 Å². The summed E-state index contributed by atoms with van der Waals surface area (Å²) in [6.45, 7) is 2.37. The number of fused-ring (bicyclic) bond motifs is 2. The molecule has 0 amide bonds. The van der Waals surface area contributed by atoms with Gasteiger partial charge in [-0.05, 0) is 6.42 Å². The van der Waals surface area contributed by atoms with Gasteiger partial charge < -0.3 is 18.4 Å². The largest absolute Gasteiger partial charge is 0.498 e. The number of hydrogen-bond acceptors (Lipinski definition) is 4. The van der Waals surface area contributed by atoms with Gasteiger partial charge in [0.25, 0.3) is 0 Å². The number of carbonyl (C=O) groups is 1. The smallest absolute Gasteiger partial charge is 0.479 e. The molecule has 6 heteroatoms. The van der Waals surface area contributed by atoms with Gasteiger partial charge in [0.05, 0.1) is 6.10 Å². The van der Waals surface area contributed by atoms with Crippen LogP contribution in [0.5, 0.6) is 0 Å². The van der Waals surface area contributed by atoms with Crippen molar-refractivity contribution in [3.8, 4) is 0 Å². The van der Waals surface area contributed by atoms with Gasteiger partial charge in [-0.25, -0.2) is 4.79 Å². The van der Waals surface area contributed by atoms with Crippen molar-refractivity contribution < 1.29 is 23.2 Å². The summed E-state index contributed by atoms with van der Waals surface area (Å²) >= 11 is 0. The third-order valence-corrected chi connectivity index (χ3v) is 4.50. The molecule has 13 heavy (non-hydrogen) atoms. The predicted molar refractivity (Wildman–Crippen MR) is 44.2 cm³/mol. The Kier molecular flexibility index (Phi) is 2.15. The molecule has 2 heterocycles. The molecule has 2 aliphatic heterocycles. The van der Waals surface area contributed by atoms with E-state index in [1.807, 2.05) is 0 Å². The zero-order chi connectivity index (χ0) is 9.47. The van der Waals surface area contributed by atoms with Crippen molar-refractivity contribution in [3.63, 3.8) is 0 Å². The van der Waals surface area contributed by atoms with Crippen LogP contribution in [0.3, 0.4) is 0 Å². The van der Waals surface area contributed by atoms with Gasteiger partial charge in [0.2, 0.25) is 0 Å². The van der Waals surface area contributed by atoms with Gasteiger partial charge in [0.1, 0.15) is 6.10 Å². The van der Waals surface area contributed by atoms with E-state index in [4.69, 9.17) is 18.4 Å². The maximum atomic E-state index is 10.7. The second-order valence-corrected chi connectivity index (χ2v) is 5.90. The Bertz CT molecular complexity index is 233. The molecule has 3 unspecified atom stereocenters. The third-order valence-electron chi connectivity index (χ3n) is 2.29. The summed E-state index contributed by atoms with van der Waals surface area (Å²) in [6, 6.07) is 0. The molecule has 0 saturated carbocycles. The van der Waals surface area contributed by atoms with Crippen LogP contribution in [0.2, 0.25) is 6.55 Å². The second kappa shape index (κ2) is 3.05. The van der Waals surface area contributed by atoms with Crippen molar-refractivity contribution >= 4 is 14.8 Å². The van der Waals surface area contributed by atoms with Crippen LogP contribution in [-0.4, -0.2) is 38.7 Å². The SMILES string of the molecule is C[Si]12OCCC(CC(C(=O)O)O1)O2. The molecule has 2 saturated heterocycles. The number of carboxylic acid groups (broad SMARTS) is 1. The molecule has 2 fully saturated rings. The van der Waals surface area contributed by atoms with Crippen LogP contribution >= 0.6 is 0 Å². The lowest BCUT2D eigenvalue weighted by Crippen LogP contribution is -2.58. The van der Waals surface area contributed by atoms with E-state index in [0.717, 1.165) is 6.42 Å². The fourth-order valence-corrected chi connectivity index (χ4v) is 3.91. The van der Waals surface area contributed by atoms with E-state index in [9.17, 15) is 4.79 Å². The topological polar surface area (TPSA) is 65.0 Å². The van der Waals surface area contributed by atoms with Crippen LogP contribution in [0.25, 0.3) is 0 Å². The van der Waals surface area contributed by atoms with Crippen molar-refractivity contribution in [3.05, 3.63) is 0 Å². The molecule has 5 nitrogen and oxygen atoms in total. The van der Waals surface area contributed by atoms with Crippen LogP contribution in [0.4, 0.5) is 0 Å². The monoisotopic (exact) mass is 204 g/mol. The predicted octanol–water partition coefficient (Wildman–Crippen LogP) is 0.234. The first-order valence-corrected chi connectivity index (χ1v) is 6.54. The Hall–Kier alpha value is -0.433. The standard InChI is InChI=1S/C7H12O5Si/c1-13-10-3-2-5(11-13)4-6(12-13)7(8)9/h5-6H,2-4H2,1H3,(H,8,9). The lowest BCUT2D eigenvalue weighted by molar-refractivity contribution is -0.159. The Balaban J connectivity index is 2.11. The molecule has 0 aromatic carbocycles. The zero-order valence-corrected chi connectivity index (χ0v) is 8.36. The fourth-order valence-electron chi connectivity index (χ4n) is 1.70. The number of aliphatic carboxylic acids is 1. The van der Waals surface area contributed by atoms with E-state index in [2.05, 4.69) is 0 Å². The van der Waals surface area contributed by atoms with Gasteiger partial charge in [-0.2, -0.15) is 0 Å². The van der Waals surface area contributed by atoms with Crippen LogP contribution in [0.1, 0.15) is 12.8 Å². The highest BCUT2D eigenvalue weighted by atomic mass is 28.4. The van der Waals surface area contributed by atoms with Gasteiger partial charge in [-0.1, -0.05) is 0 Å². The van der Waals surface area contributed by atoms with Crippen molar-refractivity contribution in [2.24, 2.45) is 0 Å². The van der Waals surface area contributed by atoms with Crippen LogP contribution < -0.4 is 0 Å². The second-order valence-electron chi connectivity index (χ2n) is 3.42. The van der Waals surface area contributed by atoms with Gasteiger partial charge in [-0.15, -0.1) is 0 Å². The first kappa shape index (κ1) is 9.13. The van der Waals surface area contributed by atoms with E-state index in [0.29, 0.717) is 13.0 Å². The van der Waals surface area contributed by atoms with Crippen LogP contribution in [-0.2, 0) is 18.1 Å². The van der Waals surface area contributed by atoms with Crippen LogP contribution in [0, 0.1) is 0 Å². The van der Waals surface area contributed by atoms with E-state index >= 15 is 0 Å². The molecule has 0 aromatic rings. The number of carboxylic acids is 1. The first-order valence-electron chi connectivity index (χ1n) is 4.31. The van der Waals surface area contributed by atoms with Crippen molar-refractivity contribution in [2.75, 3.05) is 6.61 Å². The maximum Gasteiger partial charge on any atom is 0.498 e. The van der Waals surface area contributed by atoms with Gasteiger partial charge in [0.15, 0.2) is 0 Å². The summed E-state index contributed by atoms with van der Waals surface area (Å²) in [7, 11) is -2.59. The summed E-state index contributed by atoms with van der Waals surface area (Å²) in [4.78, 5) is 10.7. The van der Waals surface area contributed by atoms with Crippen molar-refractivity contribution in [1.82, 2.24) is 0 Å². The fraction of sp³-hybridized carbons (Fsp3) is 0.857. The molecule has 0 aliphatic carbocycles. The Labute approximate surface area is 77.0 Å². The average Bonchev–Trinajstić information content (AvgIpc) is 2.01. The highest BCUT2D eigenvalue weighted by molar-refractivity contribution is 6.59. The molecule has 2 bridgehead atoms. The maximum absolute atomic E-state index is 10.7. The summed E-state index contributed by atoms with van der Waals surface area (Å²) in [5.41, 5.74) is 0. The number of rotatable bonds is 1. The Morgan fingerprint density at radius 2 is 2.31 bits per heavy atom. The van der Waals surface area contributed by atoms with Gasteiger partial charge >= 0.3 is 14.8 Å². The zero-order valence-electron chi connectivity index (χ0n) is 7.36. The van der Waals surface area contributed by atoms with Crippen LogP contribution in [0.15, 0.2) is 0 Å². The number of hydrogen-bond donors (Lipinski definition) is 1. The molecule has 3 atom stereocenters. The normalized spacial score (nSPS) is 44.4. The molecule has 1 N–H and O–H groups in total. The van der Waals surface area contributed by atoms with E-state index in [1.54, 1.807) is 6.55 Å². The minimum absolute atomic E-state index is 0.0141. The molecule has 74 valence electrons. The summed E-state index contributed by atoms with van der Waals surface area (Å²) in [5.74, 6) is -0.919. The molecule has 2 aliphatic rings. The molecule has 0 spiro atoms.